The van der Waals surface area contributed by atoms with Crippen LogP contribution < -0.4 is 0 Å². The minimum absolute atomic E-state index is 0.000787. The molecule has 39 heavy (non-hydrogen) atoms. The Labute approximate surface area is 244 Å². The van der Waals surface area contributed by atoms with Crippen molar-refractivity contribution in [3.8, 4) is 0 Å². The van der Waals surface area contributed by atoms with Crippen molar-refractivity contribution in [2.45, 2.75) is 194 Å². The molecule has 0 rings (SSSR count). The van der Waals surface area contributed by atoms with Crippen LogP contribution in [0.15, 0.2) is 0 Å². The molecule has 4 nitrogen and oxygen atoms in total. The number of carbonyl (C=O) groups is 2. The molecule has 0 fully saturated rings. The van der Waals surface area contributed by atoms with Gasteiger partial charge < -0.3 is 9.47 Å². The van der Waals surface area contributed by atoms with Gasteiger partial charge in [0.15, 0.2) is 0 Å². The monoisotopic (exact) mass is 553 g/mol. The highest BCUT2D eigenvalue weighted by Crippen LogP contribution is 2.18. The second-order valence-corrected chi connectivity index (χ2v) is 11.8. The molecule has 0 N–H and O–H groups in total. The highest BCUT2D eigenvalue weighted by atomic mass is 16.5. The summed E-state index contributed by atoms with van der Waals surface area (Å²) in [4.78, 5) is 24.0. The van der Waals surface area contributed by atoms with Gasteiger partial charge in [-0.05, 0) is 32.1 Å². The van der Waals surface area contributed by atoms with Crippen LogP contribution in [0.2, 0.25) is 0 Å². The summed E-state index contributed by atoms with van der Waals surface area (Å²) in [6, 6.07) is 0. The Morgan fingerprint density at radius 1 is 0.462 bits per heavy atom. The van der Waals surface area contributed by atoms with Crippen LogP contribution >= 0.6 is 0 Å². The van der Waals surface area contributed by atoms with Crippen molar-refractivity contribution in [2.24, 2.45) is 5.92 Å². The van der Waals surface area contributed by atoms with Gasteiger partial charge in [-0.2, -0.15) is 0 Å². The first-order valence-electron chi connectivity index (χ1n) is 17.5. The van der Waals surface area contributed by atoms with Crippen LogP contribution in [0.5, 0.6) is 0 Å². The molecule has 0 aromatic rings. The van der Waals surface area contributed by atoms with E-state index in [4.69, 9.17) is 9.47 Å². The lowest BCUT2D eigenvalue weighted by molar-refractivity contribution is -0.149. The molecule has 0 aliphatic carbocycles. The maximum absolute atomic E-state index is 12.3. The van der Waals surface area contributed by atoms with E-state index in [1.807, 2.05) is 0 Å². The Bertz CT molecular complexity index is 519. The van der Waals surface area contributed by atoms with Crippen LogP contribution in [0, 0.1) is 5.92 Å². The van der Waals surface area contributed by atoms with Gasteiger partial charge in [-0.25, -0.2) is 0 Å². The van der Waals surface area contributed by atoms with Gasteiger partial charge in [0.2, 0.25) is 0 Å². The molecule has 0 aliphatic rings. The molecule has 1 unspecified atom stereocenters. The zero-order valence-corrected chi connectivity index (χ0v) is 26.7. The van der Waals surface area contributed by atoms with Crippen molar-refractivity contribution in [1.29, 1.82) is 0 Å². The predicted octanol–water partition coefficient (Wildman–Crippen LogP) is 11.3. The summed E-state index contributed by atoms with van der Waals surface area (Å²) >= 11 is 0. The second kappa shape index (κ2) is 31.5. The van der Waals surface area contributed by atoms with Gasteiger partial charge in [-0.1, -0.05) is 156 Å². The smallest absolute Gasteiger partial charge is 0.308 e. The van der Waals surface area contributed by atoms with Crippen molar-refractivity contribution in [3.63, 3.8) is 0 Å². The minimum Gasteiger partial charge on any atom is -0.466 e. The Balaban J connectivity index is 3.36. The maximum atomic E-state index is 12.3. The summed E-state index contributed by atoms with van der Waals surface area (Å²) in [5, 5.41) is 0. The van der Waals surface area contributed by atoms with E-state index in [0.29, 0.717) is 19.6 Å². The molecule has 0 saturated heterocycles. The molecule has 0 bridgehead atoms. The Kier molecular flexibility index (Phi) is 30.6. The molecule has 0 aromatic carbocycles. The molecule has 0 amide bonds. The highest BCUT2D eigenvalue weighted by molar-refractivity contribution is 5.72. The van der Waals surface area contributed by atoms with E-state index in [1.54, 1.807) is 0 Å². The zero-order chi connectivity index (χ0) is 28.7. The topological polar surface area (TPSA) is 52.6 Å². The van der Waals surface area contributed by atoms with Gasteiger partial charge in [0.25, 0.3) is 0 Å². The molecule has 0 aromatic heterocycles. The number of ether oxygens (including phenoxy) is 2. The molecule has 0 spiro atoms. The zero-order valence-electron chi connectivity index (χ0n) is 26.7. The van der Waals surface area contributed by atoms with E-state index in [1.165, 1.54) is 122 Å². The first-order chi connectivity index (χ1) is 19.2. The Hall–Kier alpha value is -1.06. The summed E-state index contributed by atoms with van der Waals surface area (Å²) < 4.78 is 10.9. The van der Waals surface area contributed by atoms with E-state index < -0.39 is 0 Å². The fraction of sp³-hybridized carbons (Fsp3) is 0.943. The quantitative estimate of drug-likeness (QED) is 0.0634. The van der Waals surface area contributed by atoms with Crippen molar-refractivity contribution in [1.82, 2.24) is 0 Å². The average molecular weight is 553 g/mol. The van der Waals surface area contributed by atoms with E-state index >= 15 is 0 Å². The van der Waals surface area contributed by atoms with E-state index in [9.17, 15) is 9.59 Å². The predicted molar refractivity (Wildman–Crippen MR) is 167 cm³/mol. The summed E-state index contributed by atoms with van der Waals surface area (Å²) in [6.07, 6.45) is 32.4. The molecular weight excluding hydrogens is 484 g/mol. The van der Waals surface area contributed by atoms with Gasteiger partial charge in [-0.15, -0.1) is 0 Å². The normalized spacial score (nSPS) is 12.0. The number of hydrogen-bond donors (Lipinski definition) is 0. The molecule has 0 aliphatic heterocycles. The molecule has 4 heteroatoms. The molecular formula is C35H68O4. The van der Waals surface area contributed by atoms with Crippen LogP contribution in [-0.2, 0) is 19.1 Å². The molecule has 232 valence electrons. The van der Waals surface area contributed by atoms with Gasteiger partial charge in [0.05, 0.1) is 19.1 Å². The van der Waals surface area contributed by atoms with Crippen LogP contribution in [0.4, 0.5) is 0 Å². The lowest BCUT2D eigenvalue weighted by Crippen LogP contribution is -2.17. The average Bonchev–Trinajstić information content (AvgIpc) is 2.94. The molecule has 1 atom stereocenters. The summed E-state index contributed by atoms with van der Waals surface area (Å²) in [6.45, 7) is 7.77. The number of hydrogen-bond acceptors (Lipinski definition) is 4. The summed E-state index contributed by atoms with van der Waals surface area (Å²) in [5.74, 6) is 0.141. The standard InChI is InChI=1S/C35H68O4/c1-4-7-9-23-27-31-38-34(36)30-26-22-20-18-16-14-12-11-13-15-17-19-21-25-29-33(6-3)35(37)39-32-28-24-10-8-5-2/h33H,4-32H2,1-3H3. The third-order valence-corrected chi connectivity index (χ3v) is 8.01. The summed E-state index contributed by atoms with van der Waals surface area (Å²) in [5.41, 5.74) is 0. The van der Waals surface area contributed by atoms with Crippen molar-refractivity contribution < 1.29 is 19.1 Å². The number of carbonyl (C=O) groups excluding carboxylic acids is 2. The largest absolute Gasteiger partial charge is 0.466 e. The van der Waals surface area contributed by atoms with Gasteiger partial charge in [0, 0.05) is 6.42 Å². The van der Waals surface area contributed by atoms with Crippen LogP contribution in [0.1, 0.15) is 194 Å². The fourth-order valence-electron chi connectivity index (χ4n) is 5.23. The van der Waals surface area contributed by atoms with E-state index in [2.05, 4.69) is 20.8 Å². The Morgan fingerprint density at radius 2 is 0.846 bits per heavy atom. The summed E-state index contributed by atoms with van der Waals surface area (Å²) in [7, 11) is 0. The highest BCUT2D eigenvalue weighted by Gasteiger charge is 2.17. The maximum Gasteiger partial charge on any atom is 0.308 e. The third-order valence-electron chi connectivity index (χ3n) is 8.01. The van der Waals surface area contributed by atoms with Crippen LogP contribution in [-0.4, -0.2) is 25.2 Å². The third kappa shape index (κ3) is 28.3. The lowest BCUT2D eigenvalue weighted by Gasteiger charge is -2.14. The lowest BCUT2D eigenvalue weighted by atomic mass is 9.97. The molecule has 0 heterocycles. The SMILES string of the molecule is CCCCCCCOC(=O)CCCCCCCCCCCCCCCCC(CC)C(=O)OCCCCCCC. The number of unbranched alkanes of at least 4 members (excludes halogenated alkanes) is 21. The van der Waals surface area contributed by atoms with Crippen molar-refractivity contribution in [3.05, 3.63) is 0 Å². The van der Waals surface area contributed by atoms with Crippen molar-refractivity contribution in [2.75, 3.05) is 13.2 Å². The fourth-order valence-corrected chi connectivity index (χ4v) is 5.23. The number of esters is 2. The van der Waals surface area contributed by atoms with Crippen LogP contribution in [0.3, 0.4) is 0 Å². The van der Waals surface area contributed by atoms with Crippen LogP contribution in [0.25, 0.3) is 0 Å². The van der Waals surface area contributed by atoms with E-state index in [0.717, 1.165) is 44.9 Å². The van der Waals surface area contributed by atoms with Crippen molar-refractivity contribution >= 4 is 11.9 Å². The van der Waals surface area contributed by atoms with Gasteiger partial charge >= 0.3 is 11.9 Å². The first-order valence-corrected chi connectivity index (χ1v) is 17.5. The second-order valence-electron chi connectivity index (χ2n) is 11.8. The van der Waals surface area contributed by atoms with Gasteiger partial charge in [-0.3, -0.25) is 9.59 Å². The Morgan fingerprint density at radius 3 is 1.31 bits per heavy atom. The first kappa shape index (κ1) is 37.9. The molecule has 0 radical (unpaired) electrons. The number of rotatable bonds is 31. The molecule has 0 saturated carbocycles. The van der Waals surface area contributed by atoms with E-state index in [-0.39, 0.29) is 17.9 Å². The minimum atomic E-state index is -0.000787. The van der Waals surface area contributed by atoms with Gasteiger partial charge in [0.1, 0.15) is 0 Å².